The molecule has 150 valence electrons. The summed E-state index contributed by atoms with van der Waals surface area (Å²) in [6.07, 6.45) is 6.88. The van der Waals surface area contributed by atoms with Crippen LogP contribution in [0.5, 0.6) is 5.75 Å². The number of likely N-dealkylation sites (tertiary alicyclic amines) is 1. The minimum absolute atomic E-state index is 0.0360. The van der Waals surface area contributed by atoms with E-state index >= 15 is 0 Å². The van der Waals surface area contributed by atoms with Gasteiger partial charge in [-0.05, 0) is 43.7 Å². The van der Waals surface area contributed by atoms with Crippen molar-refractivity contribution in [2.45, 2.75) is 23.7 Å². The van der Waals surface area contributed by atoms with Crippen LogP contribution >= 0.6 is 11.3 Å². The van der Waals surface area contributed by atoms with Crippen molar-refractivity contribution in [3.63, 3.8) is 0 Å². The number of amides is 1. The molecular formula is C19H23N3O4S2. The number of carbonyl (C=O) groups is 1. The standard InChI is InChI=1S/C19H23N3O4S2/c1-20-28(24,25)17-12-14(5-7-16(17)26-2)6-8-18(23)22-10-3-4-15(13-22)19-21-9-11-27-19/h5-9,11-12,15,20H,3-4,10,13H2,1-2H3/b8-6+. The normalized spacial score (nSPS) is 17.8. The van der Waals surface area contributed by atoms with E-state index in [1.54, 1.807) is 35.7 Å². The Hall–Kier alpha value is -2.23. The van der Waals surface area contributed by atoms with E-state index in [0.717, 1.165) is 17.8 Å². The van der Waals surface area contributed by atoms with Gasteiger partial charge in [-0.25, -0.2) is 18.1 Å². The highest BCUT2D eigenvalue weighted by atomic mass is 32.2. The number of piperidine rings is 1. The topological polar surface area (TPSA) is 88.6 Å². The third-order valence-electron chi connectivity index (χ3n) is 4.70. The van der Waals surface area contributed by atoms with Gasteiger partial charge in [0.15, 0.2) is 0 Å². The van der Waals surface area contributed by atoms with Gasteiger partial charge in [0.25, 0.3) is 0 Å². The molecular weight excluding hydrogens is 398 g/mol. The van der Waals surface area contributed by atoms with E-state index in [4.69, 9.17) is 4.74 Å². The predicted molar refractivity (Wildman–Crippen MR) is 109 cm³/mol. The number of hydrogen-bond donors (Lipinski definition) is 1. The van der Waals surface area contributed by atoms with Gasteiger partial charge in [-0.1, -0.05) is 6.07 Å². The van der Waals surface area contributed by atoms with Crippen molar-refractivity contribution in [3.8, 4) is 5.75 Å². The Morgan fingerprint density at radius 3 is 2.93 bits per heavy atom. The van der Waals surface area contributed by atoms with E-state index in [2.05, 4.69) is 9.71 Å². The smallest absolute Gasteiger partial charge is 0.246 e. The lowest BCUT2D eigenvalue weighted by Gasteiger charge is -2.31. The fourth-order valence-electron chi connectivity index (χ4n) is 3.20. The molecule has 0 saturated carbocycles. The molecule has 0 bridgehead atoms. The van der Waals surface area contributed by atoms with E-state index in [1.807, 2.05) is 10.3 Å². The van der Waals surface area contributed by atoms with Crippen molar-refractivity contribution in [1.29, 1.82) is 0 Å². The number of sulfonamides is 1. The van der Waals surface area contributed by atoms with Crippen LogP contribution in [0.15, 0.2) is 40.7 Å². The van der Waals surface area contributed by atoms with E-state index in [0.29, 0.717) is 18.7 Å². The van der Waals surface area contributed by atoms with Gasteiger partial charge in [0.2, 0.25) is 15.9 Å². The van der Waals surface area contributed by atoms with Crippen molar-refractivity contribution >= 4 is 33.3 Å². The Kier molecular flexibility index (Phi) is 6.48. The van der Waals surface area contributed by atoms with Crippen LogP contribution in [-0.2, 0) is 14.8 Å². The summed E-state index contributed by atoms with van der Waals surface area (Å²) < 4.78 is 31.8. The van der Waals surface area contributed by atoms with Gasteiger partial charge in [0, 0.05) is 36.7 Å². The maximum absolute atomic E-state index is 12.6. The largest absolute Gasteiger partial charge is 0.495 e. The van der Waals surface area contributed by atoms with Gasteiger partial charge in [-0.2, -0.15) is 0 Å². The predicted octanol–water partition coefficient (Wildman–Crippen LogP) is 2.48. The van der Waals surface area contributed by atoms with Crippen molar-refractivity contribution in [2.24, 2.45) is 0 Å². The summed E-state index contributed by atoms with van der Waals surface area (Å²) >= 11 is 1.62. The van der Waals surface area contributed by atoms with Crippen LogP contribution in [-0.4, -0.2) is 51.5 Å². The second kappa shape index (κ2) is 8.85. The molecule has 1 atom stereocenters. The van der Waals surface area contributed by atoms with Crippen LogP contribution in [0.2, 0.25) is 0 Å². The Labute approximate surface area is 169 Å². The summed E-state index contributed by atoms with van der Waals surface area (Å²) in [7, 11) is -0.907. The van der Waals surface area contributed by atoms with Crippen LogP contribution in [0.3, 0.4) is 0 Å². The second-order valence-corrected chi connectivity index (χ2v) is 9.23. The molecule has 1 amide bonds. The molecule has 1 N–H and O–H groups in total. The van der Waals surface area contributed by atoms with Gasteiger partial charge in [-0.3, -0.25) is 4.79 Å². The molecule has 0 radical (unpaired) electrons. The van der Waals surface area contributed by atoms with Crippen molar-refractivity contribution in [1.82, 2.24) is 14.6 Å². The summed E-state index contributed by atoms with van der Waals surface area (Å²) in [4.78, 5) is 18.8. The molecule has 1 aromatic heterocycles. The number of benzene rings is 1. The molecule has 7 nitrogen and oxygen atoms in total. The number of hydrogen-bond acceptors (Lipinski definition) is 6. The van der Waals surface area contributed by atoms with Gasteiger partial charge in [0.1, 0.15) is 10.6 Å². The number of rotatable bonds is 6. The van der Waals surface area contributed by atoms with Crippen molar-refractivity contribution in [3.05, 3.63) is 46.4 Å². The number of methoxy groups -OCH3 is 1. The monoisotopic (exact) mass is 421 g/mol. The molecule has 1 fully saturated rings. The Morgan fingerprint density at radius 2 is 2.25 bits per heavy atom. The highest BCUT2D eigenvalue weighted by molar-refractivity contribution is 7.89. The highest BCUT2D eigenvalue weighted by Crippen LogP contribution is 2.29. The maximum atomic E-state index is 12.6. The molecule has 1 aliphatic heterocycles. The SMILES string of the molecule is CNS(=O)(=O)c1cc(/C=C/C(=O)N2CCCC(c3nccs3)C2)ccc1OC. The number of carbonyl (C=O) groups excluding carboxylic acids is 1. The summed E-state index contributed by atoms with van der Waals surface area (Å²) in [5, 5.41) is 3.02. The fourth-order valence-corrected chi connectivity index (χ4v) is 4.90. The lowest BCUT2D eigenvalue weighted by atomic mass is 9.98. The minimum Gasteiger partial charge on any atom is -0.495 e. The lowest BCUT2D eigenvalue weighted by molar-refractivity contribution is -0.127. The van der Waals surface area contributed by atoms with Crippen molar-refractivity contribution < 1.29 is 17.9 Å². The second-order valence-electron chi connectivity index (χ2n) is 6.44. The molecule has 28 heavy (non-hydrogen) atoms. The van der Waals surface area contributed by atoms with E-state index in [9.17, 15) is 13.2 Å². The van der Waals surface area contributed by atoms with Crippen molar-refractivity contribution in [2.75, 3.05) is 27.2 Å². The molecule has 2 aromatic rings. The Bertz CT molecular complexity index is 956. The van der Waals surface area contributed by atoms with E-state index < -0.39 is 10.0 Å². The summed E-state index contributed by atoms with van der Waals surface area (Å²) in [6.45, 7) is 1.37. The van der Waals surface area contributed by atoms with E-state index in [-0.39, 0.29) is 22.5 Å². The first-order valence-corrected chi connectivity index (χ1v) is 11.3. The molecule has 9 heteroatoms. The first-order valence-electron chi connectivity index (χ1n) is 8.92. The Morgan fingerprint density at radius 1 is 1.43 bits per heavy atom. The summed E-state index contributed by atoms with van der Waals surface area (Å²) in [5.74, 6) is 0.440. The molecule has 3 rings (SSSR count). The number of nitrogens with one attached hydrogen (secondary N) is 1. The van der Waals surface area contributed by atoms with E-state index in [1.165, 1.54) is 26.3 Å². The number of nitrogens with zero attached hydrogens (tertiary/aromatic N) is 2. The van der Waals surface area contributed by atoms with Crippen LogP contribution < -0.4 is 9.46 Å². The Balaban J connectivity index is 1.74. The molecule has 0 aliphatic carbocycles. The molecule has 1 aliphatic rings. The first-order chi connectivity index (χ1) is 13.4. The van der Waals surface area contributed by atoms with Gasteiger partial charge in [-0.15, -0.1) is 11.3 Å². The van der Waals surface area contributed by atoms with Gasteiger partial charge < -0.3 is 9.64 Å². The minimum atomic E-state index is -3.66. The number of thiazole rings is 1. The number of ether oxygens (including phenoxy) is 1. The maximum Gasteiger partial charge on any atom is 0.246 e. The van der Waals surface area contributed by atoms with Gasteiger partial charge >= 0.3 is 0 Å². The molecule has 0 spiro atoms. The summed E-state index contributed by atoms with van der Waals surface area (Å²) in [5.41, 5.74) is 0.608. The zero-order chi connectivity index (χ0) is 20.1. The first kappa shape index (κ1) is 20.5. The average Bonchev–Trinajstić information content (AvgIpc) is 3.27. The number of aromatic nitrogens is 1. The fraction of sp³-hybridized carbons (Fsp3) is 0.368. The average molecular weight is 422 g/mol. The zero-order valence-corrected chi connectivity index (χ0v) is 17.4. The third-order valence-corrected chi connectivity index (χ3v) is 7.07. The third kappa shape index (κ3) is 4.60. The van der Waals surface area contributed by atoms with Crippen LogP contribution in [0.1, 0.15) is 29.3 Å². The molecule has 1 aromatic carbocycles. The quantitative estimate of drug-likeness (QED) is 0.724. The van der Waals surface area contributed by atoms with Crippen LogP contribution in [0.25, 0.3) is 6.08 Å². The van der Waals surface area contributed by atoms with Gasteiger partial charge in [0.05, 0.1) is 12.1 Å². The highest BCUT2D eigenvalue weighted by Gasteiger charge is 2.25. The van der Waals surface area contributed by atoms with Crippen LogP contribution in [0.4, 0.5) is 0 Å². The zero-order valence-electron chi connectivity index (χ0n) is 15.8. The molecule has 1 unspecified atom stereocenters. The molecule has 1 saturated heterocycles. The van der Waals surface area contributed by atoms with Crippen LogP contribution in [0, 0.1) is 0 Å². The summed E-state index contributed by atoms with van der Waals surface area (Å²) in [6, 6.07) is 4.78. The lowest BCUT2D eigenvalue weighted by Crippen LogP contribution is -2.38. The molecule has 2 heterocycles.